The molecule has 1 N–H and O–H groups in total. The minimum Gasteiger partial charge on any atom is -0.465 e. The molecule has 1 aromatic carbocycles. The molecule has 20 heavy (non-hydrogen) atoms. The van der Waals surface area contributed by atoms with Crippen molar-refractivity contribution in [3.63, 3.8) is 0 Å². The molecule has 0 amide bonds. The third-order valence-electron chi connectivity index (χ3n) is 2.57. The second-order valence-electron chi connectivity index (χ2n) is 3.88. The molecule has 0 unspecified atom stereocenters. The van der Waals surface area contributed by atoms with Gasteiger partial charge in [0.2, 0.25) is 5.56 Å². The normalized spacial score (nSPS) is 10.4. The average molecular weight is 316 g/mol. The van der Waals surface area contributed by atoms with Gasteiger partial charge in [-0.1, -0.05) is 23.2 Å². The van der Waals surface area contributed by atoms with Crippen LogP contribution in [0.15, 0.2) is 29.1 Å². The number of carbonyl (C=O) groups excluding carboxylic acids is 1. The zero-order valence-electron chi connectivity index (χ0n) is 10.2. The zero-order chi connectivity index (χ0) is 14.9. The molecule has 1 heterocycles. The summed E-state index contributed by atoms with van der Waals surface area (Å²) in [5.74, 6) is -1.36. The summed E-state index contributed by atoms with van der Waals surface area (Å²) in [7, 11) is 1.19. The number of hydrogen-bond acceptors (Lipinski definition) is 3. The van der Waals surface area contributed by atoms with Gasteiger partial charge in [0.1, 0.15) is 5.82 Å². The summed E-state index contributed by atoms with van der Waals surface area (Å²) in [5.41, 5.74) is -0.0816. The number of methoxy groups -OCH3 is 1. The van der Waals surface area contributed by atoms with Crippen LogP contribution in [0.3, 0.4) is 0 Å². The lowest BCUT2D eigenvalue weighted by Gasteiger charge is -2.07. The van der Waals surface area contributed by atoms with Crippen LogP contribution in [-0.2, 0) is 4.74 Å². The summed E-state index contributed by atoms with van der Waals surface area (Å²) in [6, 6.07) is 4.73. The van der Waals surface area contributed by atoms with Crippen molar-refractivity contribution in [3.8, 4) is 11.3 Å². The first-order chi connectivity index (χ1) is 9.42. The third-order valence-corrected chi connectivity index (χ3v) is 3.17. The number of pyridine rings is 1. The number of benzene rings is 1. The van der Waals surface area contributed by atoms with Gasteiger partial charge in [0.15, 0.2) is 0 Å². The van der Waals surface area contributed by atoms with Crippen molar-refractivity contribution in [1.82, 2.24) is 4.98 Å². The van der Waals surface area contributed by atoms with Crippen molar-refractivity contribution < 1.29 is 13.9 Å². The first-order valence-electron chi connectivity index (χ1n) is 5.40. The van der Waals surface area contributed by atoms with E-state index in [9.17, 15) is 14.0 Å². The van der Waals surface area contributed by atoms with Crippen LogP contribution in [0.1, 0.15) is 10.4 Å². The smallest absolute Gasteiger partial charge is 0.338 e. The number of H-pyrrole nitrogens is 1. The van der Waals surface area contributed by atoms with Gasteiger partial charge in [-0.3, -0.25) is 4.79 Å². The summed E-state index contributed by atoms with van der Waals surface area (Å²) in [5, 5.41) is 0.0132. The van der Waals surface area contributed by atoms with E-state index in [1.165, 1.54) is 19.2 Å². The number of rotatable bonds is 2. The Morgan fingerprint density at radius 3 is 2.55 bits per heavy atom. The van der Waals surface area contributed by atoms with E-state index in [2.05, 4.69) is 9.72 Å². The van der Waals surface area contributed by atoms with E-state index in [1.54, 1.807) is 0 Å². The van der Waals surface area contributed by atoms with Crippen LogP contribution >= 0.6 is 23.2 Å². The van der Waals surface area contributed by atoms with Gasteiger partial charge in [0.05, 0.1) is 28.4 Å². The fourth-order valence-corrected chi connectivity index (χ4v) is 2.14. The molecule has 0 bridgehead atoms. The lowest BCUT2D eigenvalue weighted by molar-refractivity contribution is 0.0600. The van der Waals surface area contributed by atoms with Crippen molar-refractivity contribution in [1.29, 1.82) is 0 Å². The van der Waals surface area contributed by atoms with Gasteiger partial charge in [-0.15, -0.1) is 0 Å². The number of nitrogens with one attached hydrogen (secondary N) is 1. The number of ether oxygens (including phenoxy) is 1. The summed E-state index contributed by atoms with van der Waals surface area (Å²) in [6.07, 6.45) is 0. The molecule has 0 aliphatic carbocycles. The highest BCUT2D eigenvalue weighted by Crippen LogP contribution is 2.31. The van der Waals surface area contributed by atoms with E-state index < -0.39 is 17.3 Å². The summed E-state index contributed by atoms with van der Waals surface area (Å²) in [6.45, 7) is 0. The van der Waals surface area contributed by atoms with E-state index in [4.69, 9.17) is 23.2 Å². The molecule has 0 radical (unpaired) electrons. The van der Waals surface area contributed by atoms with Crippen molar-refractivity contribution in [2.75, 3.05) is 7.11 Å². The second-order valence-corrected chi connectivity index (χ2v) is 4.70. The Bertz CT molecular complexity index is 743. The molecular formula is C13H8Cl2FNO3. The molecule has 0 saturated carbocycles. The number of aromatic amines is 1. The molecule has 2 aromatic rings. The predicted molar refractivity (Wildman–Crippen MR) is 73.8 cm³/mol. The minimum absolute atomic E-state index is 0.0395. The van der Waals surface area contributed by atoms with Crippen LogP contribution in [0.25, 0.3) is 11.3 Å². The molecule has 0 fully saturated rings. The summed E-state index contributed by atoms with van der Waals surface area (Å²) in [4.78, 5) is 25.5. The molecule has 0 spiro atoms. The topological polar surface area (TPSA) is 59.2 Å². The highest BCUT2D eigenvalue weighted by atomic mass is 35.5. The lowest BCUT2D eigenvalue weighted by atomic mass is 10.1. The third kappa shape index (κ3) is 2.84. The van der Waals surface area contributed by atoms with Crippen molar-refractivity contribution in [2.24, 2.45) is 0 Å². The van der Waals surface area contributed by atoms with Crippen LogP contribution in [0, 0.1) is 5.82 Å². The Morgan fingerprint density at radius 1 is 1.20 bits per heavy atom. The van der Waals surface area contributed by atoms with Crippen LogP contribution in [0.4, 0.5) is 4.39 Å². The van der Waals surface area contributed by atoms with E-state index in [0.29, 0.717) is 0 Å². The van der Waals surface area contributed by atoms with Crippen LogP contribution in [0.5, 0.6) is 0 Å². The average Bonchev–Trinajstić information content (AvgIpc) is 2.41. The quantitative estimate of drug-likeness (QED) is 0.683. The number of hydrogen-bond donors (Lipinski definition) is 1. The fraction of sp³-hybridized carbons (Fsp3) is 0.0769. The van der Waals surface area contributed by atoms with Gasteiger partial charge in [0.25, 0.3) is 0 Å². The summed E-state index contributed by atoms with van der Waals surface area (Å²) >= 11 is 11.6. The van der Waals surface area contributed by atoms with Gasteiger partial charge in [-0.05, 0) is 18.2 Å². The van der Waals surface area contributed by atoms with Crippen molar-refractivity contribution in [3.05, 3.63) is 56.0 Å². The molecule has 104 valence electrons. The minimum atomic E-state index is -0.685. The van der Waals surface area contributed by atoms with Crippen LogP contribution in [-0.4, -0.2) is 18.1 Å². The monoisotopic (exact) mass is 315 g/mol. The molecule has 4 nitrogen and oxygen atoms in total. The van der Waals surface area contributed by atoms with E-state index >= 15 is 0 Å². The number of aromatic nitrogens is 1. The molecule has 0 saturated heterocycles. The van der Waals surface area contributed by atoms with Gasteiger partial charge in [-0.25, -0.2) is 9.18 Å². The van der Waals surface area contributed by atoms with Gasteiger partial charge < -0.3 is 9.72 Å². The Morgan fingerprint density at radius 2 is 1.90 bits per heavy atom. The van der Waals surface area contributed by atoms with Crippen molar-refractivity contribution >= 4 is 29.2 Å². The Hall–Kier alpha value is -1.85. The van der Waals surface area contributed by atoms with Crippen molar-refractivity contribution in [2.45, 2.75) is 0 Å². The predicted octanol–water partition coefficient (Wildman–Crippen LogP) is 3.27. The Kier molecular flexibility index (Phi) is 4.11. The second kappa shape index (κ2) is 5.64. The number of esters is 1. The van der Waals surface area contributed by atoms with Crippen LogP contribution in [0.2, 0.25) is 10.0 Å². The number of halogens is 3. The fourth-order valence-electron chi connectivity index (χ4n) is 1.65. The maximum absolute atomic E-state index is 13.5. The molecule has 2 rings (SSSR count). The Balaban J connectivity index is 2.64. The van der Waals surface area contributed by atoms with Gasteiger partial charge in [-0.2, -0.15) is 0 Å². The van der Waals surface area contributed by atoms with E-state index in [1.807, 2.05) is 0 Å². The highest BCUT2D eigenvalue weighted by Gasteiger charge is 2.13. The van der Waals surface area contributed by atoms with E-state index in [-0.39, 0.29) is 26.9 Å². The van der Waals surface area contributed by atoms with Gasteiger partial charge >= 0.3 is 5.97 Å². The largest absolute Gasteiger partial charge is 0.465 e. The molecule has 0 atom stereocenters. The van der Waals surface area contributed by atoms with Crippen LogP contribution < -0.4 is 5.56 Å². The lowest BCUT2D eigenvalue weighted by Crippen LogP contribution is -2.11. The highest BCUT2D eigenvalue weighted by molar-refractivity contribution is 6.36. The summed E-state index contributed by atoms with van der Waals surface area (Å²) < 4.78 is 18.0. The SMILES string of the molecule is COC(=O)c1cc(-c2cc(F)c(Cl)cc2Cl)[nH]c(=O)c1. The maximum atomic E-state index is 13.5. The zero-order valence-corrected chi connectivity index (χ0v) is 11.7. The molecule has 7 heteroatoms. The maximum Gasteiger partial charge on any atom is 0.338 e. The molecule has 0 aliphatic rings. The first-order valence-corrected chi connectivity index (χ1v) is 6.15. The first kappa shape index (κ1) is 14.6. The van der Waals surface area contributed by atoms with Gasteiger partial charge in [0, 0.05) is 11.6 Å². The van der Waals surface area contributed by atoms with E-state index in [0.717, 1.165) is 12.1 Å². The standard InChI is InChI=1S/C13H8Cl2FNO3/c1-20-13(19)6-2-11(17-12(18)3-6)7-4-10(16)9(15)5-8(7)14/h2-5H,1H3,(H,17,18). The molecule has 1 aromatic heterocycles. The molecule has 0 aliphatic heterocycles. The number of carbonyl (C=O) groups is 1. The molecular weight excluding hydrogens is 308 g/mol. The Labute approximate surface area is 123 Å².